The first-order valence-electron chi connectivity index (χ1n) is 10.7. The molecular formula is C23H35N5S. The summed E-state index contributed by atoms with van der Waals surface area (Å²) in [5.74, 6) is 1.71. The first-order chi connectivity index (χ1) is 14.0. The van der Waals surface area contributed by atoms with Gasteiger partial charge in [0.15, 0.2) is 5.96 Å². The zero-order chi connectivity index (χ0) is 20.6. The van der Waals surface area contributed by atoms with E-state index in [4.69, 9.17) is 0 Å². The summed E-state index contributed by atoms with van der Waals surface area (Å²) in [5, 5.41) is 8.08. The fraction of sp³-hybridized carbons (Fsp3) is 0.565. The number of guanidine groups is 1. The maximum absolute atomic E-state index is 4.61. The Kier molecular flexibility index (Phi) is 8.07. The van der Waals surface area contributed by atoms with Crippen LogP contribution in [0.2, 0.25) is 0 Å². The van der Waals surface area contributed by atoms with Crippen molar-refractivity contribution in [3.63, 3.8) is 0 Å². The Bertz CT molecular complexity index is 786. The fourth-order valence-electron chi connectivity index (χ4n) is 3.68. The summed E-state index contributed by atoms with van der Waals surface area (Å²) in [5.41, 5.74) is 3.91. The molecule has 1 aromatic carbocycles. The maximum atomic E-state index is 4.61. The third-order valence-corrected chi connectivity index (χ3v) is 6.90. The van der Waals surface area contributed by atoms with Gasteiger partial charge in [0.2, 0.25) is 0 Å². The van der Waals surface area contributed by atoms with Crippen LogP contribution in [0.25, 0.3) is 0 Å². The van der Waals surface area contributed by atoms with Gasteiger partial charge in [0, 0.05) is 38.0 Å². The summed E-state index contributed by atoms with van der Waals surface area (Å²) in [6, 6.07) is 8.76. The van der Waals surface area contributed by atoms with Gasteiger partial charge in [-0.25, -0.2) is 4.98 Å². The van der Waals surface area contributed by atoms with E-state index >= 15 is 0 Å². The predicted molar refractivity (Wildman–Crippen MR) is 124 cm³/mol. The van der Waals surface area contributed by atoms with Crippen molar-refractivity contribution < 1.29 is 0 Å². The quantitative estimate of drug-likeness (QED) is 0.534. The molecule has 0 atom stereocenters. The molecular weight excluding hydrogens is 378 g/mol. The summed E-state index contributed by atoms with van der Waals surface area (Å²) in [6.07, 6.45) is 3.55. The Balaban J connectivity index is 1.49. The van der Waals surface area contributed by atoms with Gasteiger partial charge in [0.1, 0.15) is 0 Å². The first kappa shape index (κ1) is 21.8. The van der Waals surface area contributed by atoms with Crippen LogP contribution in [0.4, 0.5) is 0 Å². The number of rotatable bonds is 7. The van der Waals surface area contributed by atoms with Crippen LogP contribution >= 0.6 is 11.3 Å². The van der Waals surface area contributed by atoms with Gasteiger partial charge in [-0.3, -0.25) is 9.89 Å². The molecule has 1 aliphatic heterocycles. The van der Waals surface area contributed by atoms with Gasteiger partial charge in [-0.05, 0) is 56.8 Å². The highest BCUT2D eigenvalue weighted by Gasteiger charge is 2.16. The van der Waals surface area contributed by atoms with E-state index in [1.807, 2.05) is 7.05 Å². The van der Waals surface area contributed by atoms with Crippen molar-refractivity contribution in [1.82, 2.24) is 20.5 Å². The number of nitrogens with one attached hydrogen (secondary N) is 2. The van der Waals surface area contributed by atoms with Gasteiger partial charge in [-0.1, -0.05) is 31.2 Å². The van der Waals surface area contributed by atoms with E-state index in [0.29, 0.717) is 0 Å². The Morgan fingerprint density at radius 3 is 2.55 bits per heavy atom. The van der Waals surface area contributed by atoms with Crippen LogP contribution in [0.1, 0.15) is 46.5 Å². The molecule has 1 aliphatic rings. The van der Waals surface area contributed by atoms with Crippen molar-refractivity contribution in [2.45, 2.75) is 53.1 Å². The van der Waals surface area contributed by atoms with Gasteiger partial charge in [-0.15, -0.1) is 11.3 Å². The zero-order valence-corrected chi connectivity index (χ0v) is 19.1. The number of likely N-dealkylation sites (tertiary alicyclic amines) is 1. The van der Waals surface area contributed by atoms with E-state index in [-0.39, 0.29) is 0 Å². The van der Waals surface area contributed by atoms with Crippen LogP contribution < -0.4 is 10.6 Å². The van der Waals surface area contributed by atoms with Crippen molar-refractivity contribution in [1.29, 1.82) is 0 Å². The molecule has 1 aromatic heterocycles. The summed E-state index contributed by atoms with van der Waals surface area (Å²) >= 11 is 1.79. The standard InChI is InChI=1S/C23H35N5S/c1-17-10-13-28(14-11-17)16-21-8-6-5-7-20(21)15-26-23(24-4)25-12-9-22-27-18(2)19(3)29-22/h5-8,17H,9-16H2,1-4H3,(H2,24,25,26). The predicted octanol–water partition coefficient (Wildman–Crippen LogP) is 3.90. The van der Waals surface area contributed by atoms with Gasteiger partial charge in [0.25, 0.3) is 0 Å². The fourth-order valence-corrected chi connectivity index (χ4v) is 4.61. The third kappa shape index (κ3) is 6.54. The average molecular weight is 414 g/mol. The molecule has 2 aromatic rings. The van der Waals surface area contributed by atoms with Crippen LogP contribution in [-0.2, 0) is 19.5 Å². The minimum absolute atomic E-state index is 0.787. The van der Waals surface area contributed by atoms with Crippen LogP contribution in [0.5, 0.6) is 0 Å². The number of nitrogens with zero attached hydrogens (tertiary/aromatic N) is 3. The topological polar surface area (TPSA) is 52.6 Å². The SMILES string of the molecule is CN=C(NCCc1nc(C)c(C)s1)NCc1ccccc1CN1CCC(C)CC1. The van der Waals surface area contributed by atoms with E-state index in [0.717, 1.165) is 43.6 Å². The Morgan fingerprint density at radius 1 is 1.17 bits per heavy atom. The van der Waals surface area contributed by atoms with E-state index < -0.39 is 0 Å². The van der Waals surface area contributed by atoms with E-state index in [2.05, 4.69) is 70.5 Å². The number of benzene rings is 1. The molecule has 5 nitrogen and oxygen atoms in total. The second-order valence-electron chi connectivity index (χ2n) is 8.08. The average Bonchev–Trinajstić information content (AvgIpc) is 3.04. The maximum Gasteiger partial charge on any atom is 0.191 e. The molecule has 0 spiro atoms. The van der Waals surface area contributed by atoms with Gasteiger partial charge < -0.3 is 10.6 Å². The summed E-state index contributed by atoms with van der Waals surface area (Å²) in [4.78, 5) is 12.9. The lowest BCUT2D eigenvalue weighted by atomic mass is 9.98. The smallest absolute Gasteiger partial charge is 0.191 e. The molecule has 1 fully saturated rings. The minimum Gasteiger partial charge on any atom is -0.356 e. The third-order valence-electron chi connectivity index (χ3n) is 5.76. The molecule has 0 amide bonds. The highest BCUT2D eigenvalue weighted by molar-refractivity contribution is 7.11. The van der Waals surface area contributed by atoms with Gasteiger partial charge in [0.05, 0.1) is 10.7 Å². The van der Waals surface area contributed by atoms with Crippen molar-refractivity contribution in [3.8, 4) is 0 Å². The van der Waals surface area contributed by atoms with Crippen LogP contribution in [-0.4, -0.2) is 42.5 Å². The number of hydrogen-bond donors (Lipinski definition) is 2. The Labute approximate surface area is 179 Å². The van der Waals surface area contributed by atoms with Crippen molar-refractivity contribution in [3.05, 3.63) is 51.0 Å². The van der Waals surface area contributed by atoms with E-state index in [1.165, 1.54) is 46.9 Å². The number of aliphatic imine (C=N–C) groups is 1. The van der Waals surface area contributed by atoms with Gasteiger partial charge >= 0.3 is 0 Å². The largest absolute Gasteiger partial charge is 0.356 e. The van der Waals surface area contributed by atoms with Crippen LogP contribution in [0, 0.1) is 19.8 Å². The van der Waals surface area contributed by atoms with Crippen molar-refractivity contribution in [2.24, 2.45) is 10.9 Å². The minimum atomic E-state index is 0.787. The first-order valence-corrected chi connectivity index (χ1v) is 11.5. The second-order valence-corrected chi connectivity index (χ2v) is 9.37. The van der Waals surface area contributed by atoms with Gasteiger partial charge in [-0.2, -0.15) is 0 Å². The monoisotopic (exact) mass is 413 g/mol. The molecule has 0 unspecified atom stereocenters. The van der Waals surface area contributed by atoms with Crippen molar-refractivity contribution >= 4 is 17.3 Å². The summed E-state index contributed by atoms with van der Waals surface area (Å²) in [7, 11) is 1.83. The molecule has 3 rings (SSSR count). The second kappa shape index (κ2) is 10.7. The Morgan fingerprint density at radius 2 is 1.90 bits per heavy atom. The lowest BCUT2D eigenvalue weighted by molar-refractivity contribution is 0.185. The van der Waals surface area contributed by atoms with Crippen LogP contribution in [0.3, 0.4) is 0 Å². The highest BCUT2D eigenvalue weighted by Crippen LogP contribution is 2.20. The lowest BCUT2D eigenvalue weighted by Crippen LogP contribution is -2.38. The van der Waals surface area contributed by atoms with Crippen LogP contribution in [0.15, 0.2) is 29.3 Å². The highest BCUT2D eigenvalue weighted by atomic mass is 32.1. The molecule has 1 saturated heterocycles. The molecule has 158 valence electrons. The molecule has 29 heavy (non-hydrogen) atoms. The molecule has 2 N–H and O–H groups in total. The number of thiazole rings is 1. The van der Waals surface area contributed by atoms with E-state index in [1.54, 1.807) is 11.3 Å². The molecule has 6 heteroatoms. The molecule has 0 radical (unpaired) electrons. The number of aryl methyl sites for hydroxylation is 2. The summed E-state index contributed by atoms with van der Waals surface area (Å²) in [6.45, 7) is 11.7. The number of aromatic nitrogens is 1. The molecule has 0 bridgehead atoms. The lowest BCUT2D eigenvalue weighted by Gasteiger charge is -2.30. The molecule has 0 aliphatic carbocycles. The molecule has 0 saturated carbocycles. The van der Waals surface area contributed by atoms with Crippen molar-refractivity contribution in [2.75, 3.05) is 26.7 Å². The summed E-state index contributed by atoms with van der Waals surface area (Å²) < 4.78 is 0. The zero-order valence-electron chi connectivity index (χ0n) is 18.3. The molecule has 2 heterocycles. The number of hydrogen-bond acceptors (Lipinski definition) is 4. The Hall–Kier alpha value is -1.92. The normalized spacial score (nSPS) is 16.2. The number of piperidine rings is 1. The van der Waals surface area contributed by atoms with E-state index in [9.17, 15) is 0 Å².